The van der Waals surface area contributed by atoms with Crippen LogP contribution in [0.2, 0.25) is 0 Å². The molecule has 1 aromatic rings. The van der Waals surface area contributed by atoms with Crippen LogP contribution in [0.5, 0.6) is 0 Å². The Morgan fingerprint density at radius 2 is 1.88 bits per heavy atom. The van der Waals surface area contributed by atoms with E-state index in [-0.39, 0.29) is 0 Å². The monoisotopic (exact) mass is 235 g/mol. The number of nitrogens with one attached hydrogen (secondary N) is 1. The summed E-state index contributed by atoms with van der Waals surface area (Å²) in [5.74, 6) is 0.710. The summed E-state index contributed by atoms with van der Waals surface area (Å²) >= 11 is 0. The highest BCUT2D eigenvalue weighted by Gasteiger charge is 2.07. The molecule has 0 saturated heterocycles. The lowest BCUT2D eigenvalue weighted by molar-refractivity contribution is 0.174. The van der Waals surface area contributed by atoms with Crippen LogP contribution in [0.1, 0.15) is 43.1 Å². The van der Waals surface area contributed by atoms with Gasteiger partial charge in [-0.05, 0) is 49.4 Å². The first-order chi connectivity index (χ1) is 8.00. The predicted octanol–water partition coefficient (Wildman–Crippen LogP) is 2.97. The Labute approximate surface area is 105 Å². The summed E-state index contributed by atoms with van der Waals surface area (Å²) in [7, 11) is 0. The molecule has 96 valence electrons. The summed E-state index contributed by atoms with van der Waals surface area (Å²) in [5.41, 5.74) is 3.52. The molecule has 0 spiro atoms. The predicted molar refractivity (Wildman–Crippen MR) is 73.2 cm³/mol. The van der Waals surface area contributed by atoms with Gasteiger partial charge in [0, 0.05) is 6.54 Å². The van der Waals surface area contributed by atoms with Crippen molar-refractivity contribution in [1.82, 2.24) is 5.32 Å². The fourth-order valence-electron chi connectivity index (χ4n) is 1.72. The Morgan fingerprint density at radius 3 is 2.47 bits per heavy atom. The van der Waals surface area contributed by atoms with Gasteiger partial charge in [-0.15, -0.1) is 0 Å². The maximum atomic E-state index is 10.0. The average Bonchev–Trinajstić information content (AvgIpc) is 2.27. The third kappa shape index (κ3) is 4.88. The van der Waals surface area contributed by atoms with Crippen molar-refractivity contribution in [3.05, 3.63) is 34.9 Å². The van der Waals surface area contributed by atoms with Gasteiger partial charge in [0.25, 0.3) is 0 Å². The Morgan fingerprint density at radius 1 is 1.18 bits per heavy atom. The van der Waals surface area contributed by atoms with Crippen molar-refractivity contribution in [2.75, 3.05) is 13.1 Å². The molecule has 0 radical (unpaired) electrons. The summed E-state index contributed by atoms with van der Waals surface area (Å²) in [6, 6.07) is 6.16. The van der Waals surface area contributed by atoms with E-state index in [2.05, 4.69) is 45.1 Å². The van der Waals surface area contributed by atoms with E-state index in [1.165, 1.54) is 11.1 Å². The zero-order chi connectivity index (χ0) is 12.8. The molecular weight excluding hydrogens is 210 g/mol. The van der Waals surface area contributed by atoms with Gasteiger partial charge in [0.05, 0.1) is 6.10 Å². The molecule has 2 nitrogen and oxygen atoms in total. The van der Waals surface area contributed by atoms with Crippen LogP contribution in [0.15, 0.2) is 18.2 Å². The molecule has 1 unspecified atom stereocenters. The van der Waals surface area contributed by atoms with Crippen LogP contribution in [-0.4, -0.2) is 18.2 Å². The van der Waals surface area contributed by atoms with Crippen LogP contribution in [0.25, 0.3) is 0 Å². The molecular formula is C15H25NO. The van der Waals surface area contributed by atoms with Crippen molar-refractivity contribution in [2.24, 2.45) is 5.92 Å². The van der Waals surface area contributed by atoms with Crippen molar-refractivity contribution in [1.29, 1.82) is 0 Å². The molecule has 0 aliphatic rings. The lowest BCUT2D eigenvalue weighted by Crippen LogP contribution is -2.23. The molecule has 1 aromatic carbocycles. The minimum atomic E-state index is -0.401. The van der Waals surface area contributed by atoms with Crippen LogP contribution >= 0.6 is 0 Å². The SMILES string of the molecule is Cc1ccc(C(O)CNCCC(C)C)cc1C. The van der Waals surface area contributed by atoms with Crippen molar-refractivity contribution in [3.8, 4) is 0 Å². The van der Waals surface area contributed by atoms with E-state index in [4.69, 9.17) is 0 Å². The highest BCUT2D eigenvalue weighted by Crippen LogP contribution is 2.16. The Balaban J connectivity index is 2.41. The van der Waals surface area contributed by atoms with Crippen LogP contribution < -0.4 is 5.32 Å². The van der Waals surface area contributed by atoms with Crippen LogP contribution in [0, 0.1) is 19.8 Å². The van der Waals surface area contributed by atoms with E-state index in [1.807, 2.05) is 6.07 Å². The van der Waals surface area contributed by atoms with Gasteiger partial charge in [0.1, 0.15) is 0 Å². The number of rotatable bonds is 6. The van der Waals surface area contributed by atoms with Gasteiger partial charge in [0.15, 0.2) is 0 Å². The normalized spacial score (nSPS) is 13.1. The van der Waals surface area contributed by atoms with E-state index in [0.717, 1.165) is 18.5 Å². The first-order valence-corrected chi connectivity index (χ1v) is 6.46. The molecule has 17 heavy (non-hydrogen) atoms. The van der Waals surface area contributed by atoms with E-state index in [0.29, 0.717) is 12.5 Å². The molecule has 1 atom stereocenters. The number of aryl methyl sites for hydroxylation is 2. The van der Waals surface area contributed by atoms with E-state index in [1.54, 1.807) is 0 Å². The topological polar surface area (TPSA) is 32.3 Å². The molecule has 0 bridgehead atoms. The summed E-state index contributed by atoms with van der Waals surface area (Å²) in [5, 5.41) is 13.3. The smallest absolute Gasteiger partial charge is 0.0914 e. The second kappa shape index (κ2) is 6.77. The van der Waals surface area contributed by atoms with Gasteiger partial charge in [-0.25, -0.2) is 0 Å². The van der Waals surface area contributed by atoms with Gasteiger partial charge in [-0.1, -0.05) is 32.0 Å². The van der Waals surface area contributed by atoms with Crippen molar-refractivity contribution in [3.63, 3.8) is 0 Å². The first-order valence-electron chi connectivity index (χ1n) is 6.46. The molecule has 0 amide bonds. The van der Waals surface area contributed by atoms with Crippen LogP contribution in [0.4, 0.5) is 0 Å². The zero-order valence-electron chi connectivity index (χ0n) is 11.5. The summed E-state index contributed by atoms with van der Waals surface area (Å²) in [6.07, 6.45) is 0.751. The van der Waals surface area contributed by atoms with E-state index in [9.17, 15) is 5.11 Å². The molecule has 0 aliphatic heterocycles. The second-order valence-corrected chi connectivity index (χ2v) is 5.25. The van der Waals surface area contributed by atoms with E-state index < -0.39 is 6.10 Å². The maximum Gasteiger partial charge on any atom is 0.0914 e. The van der Waals surface area contributed by atoms with Gasteiger partial charge < -0.3 is 10.4 Å². The standard InChI is InChI=1S/C15H25NO/c1-11(2)7-8-16-10-15(17)14-6-5-12(3)13(4)9-14/h5-6,9,11,15-17H,7-8,10H2,1-4H3. The third-order valence-electron chi connectivity index (χ3n) is 3.15. The number of benzene rings is 1. The van der Waals surface area contributed by atoms with Gasteiger partial charge in [-0.3, -0.25) is 0 Å². The molecule has 0 heterocycles. The maximum absolute atomic E-state index is 10.0. The zero-order valence-corrected chi connectivity index (χ0v) is 11.5. The number of aliphatic hydroxyl groups is 1. The molecule has 2 heteroatoms. The highest BCUT2D eigenvalue weighted by molar-refractivity contribution is 5.31. The average molecular weight is 235 g/mol. The van der Waals surface area contributed by atoms with Crippen LogP contribution in [0.3, 0.4) is 0 Å². The number of hydrogen-bond acceptors (Lipinski definition) is 2. The first kappa shape index (κ1) is 14.2. The molecule has 1 rings (SSSR count). The Hall–Kier alpha value is -0.860. The summed E-state index contributed by atoms with van der Waals surface area (Å²) < 4.78 is 0. The third-order valence-corrected chi connectivity index (χ3v) is 3.15. The lowest BCUT2D eigenvalue weighted by Gasteiger charge is -2.14. The van der Waals surface area contributed by atoms with Gasteiger partial charge >= 0.3 is 0 Å². The Bertz CT molecular complexity index is 347. The molecule has 0 aliphatic carbocycles. The van der Waals surface area contributed by atoms with Crippen molar-refractivity contribution in [2.45, 2.75) is 40.2 Å². The van der Waals surface area contributed by atoms with Crippen LogP contribution in [-0.2, 0) is 0 Å². The second-order valence-electron chi connectivity index (χ2n) is 5.25. The molecule has 2 N–H and O–H groups in total. The molecule has 0 aromatic heterocycles. The van der Waals surface area contributed by atoms with Gasteiger partial charge in [-0.2, -0.15) is 0 Å². The fraction of sp³-hybridized carbons (Fsp3) is 0.600. The quantitative estimate of drug-likeness (QED) is 0.743. The van der Waals surface area contributed by atoms with Gasteiger partial charge in [0.2, 0.25) is 0 Å². The minimum Gasteiger partial charge on any atom is -0.387 e. The van der Waals surface area contributed by atoms with Crippen molar-refractivity contribution < 1.29 is 5.11 Å². The largest absolute Gasteiger partial charge is 0.387 e. The minimum absolute atomic E-state index is 0.401. The molecule has 0 saturated carbocycles. The highest BCUT2D eigenvalue weighted by atomic mass is 16.3. The fourth-order valence-corrected chi connectivity index (χ4v) is 1.72. The number of hydrogen-bond donors (Lipinski definition) is 2. The van der Waals surface area contributed by atoms with Crippen molar-refractivity contribution >= 4 is 0 Å². The lowest BCUT2D eigenvalue weighted by atomic mass is 10.0. The number of aliphatic hydroxyl groups excluding tert-OH is 1. The summed E-state index contributed by atoms with van der Waals surface area (Å²) in [4.78, 5) is 0. The van der Waals surface area contributed by atoms with E-state index >= 15 is 0 Å². The molecule has 0 fully saturated rings. The Kier molecular flexibility index (Phi) is 5.66. The summed E-state index contributed by atoms with van der Waals surface area (Å²) in [6.45, 7) is 10.2.